The zero-order valence-corrected chi connectivity index (χ0v) is 11.3. The maximum absolute atomic E-state index is 13.5. The van der Waals surface area contributed by atoms with Gasteiger partial charge in [-0.15, -0.1) is 0 Å². The minimum atomic E-state index is -0.923. The van der Waals surface area contributed by atoms with E-state index in [1.165, 1.54) is 12.1 Å². The number of rotatable bonds is 6. The van der Waals surface area contributed by atoms with Crippen LogP contribution in [0.15, 0.2) is 18.2 Å². The highest BCUT2D eigenvalue weighted by Gasteiger charge is 2.18. The van der Waals surface area contributed by atoms with Crippen molar-refractivity contribution in [1.82, 2.24) is 5.32 Å². The molecule has 0 aliphatic rings. The molecule has 2 nitrogen and oxygen atoms in total. The molecule has 0 saturated heterocycles. The molecule has 1 rings (SSSR count). The fourth-order valence-corrected chi connectivity index (χ4v) is 1.50. The first kappa shape index (κ1) is 14.9. The molecule has 0 bridgehead atoms. The van der Waals surface area contributed by atoms with Crippen LogP contribution in [-0.4, -0.2) is 18.7 Å². The van der Waals surface area contributed by atoms with Gasteiger partial charge in [0, 0.05) is 12.6 Å². The Bertz CT molecular complexity index is 380. The second-order valence-electron chi connectivity index (χ2n) is 5.02. The molecule has 18 heavy (non-hydrogen) atoms. The Balaban J connectivity index is 2.74. The average Bonchev–Trinajstić information content (AvgIpc) is 2.29. The van der Waals surface area contributed by atoms with E-state index < -0.39 is 11.6 Å². The molecule has 0 radical (unpaired) electrons. The van der Waals surface area contributed by atoms with E-state index in [0.29, 0.717) is 12.6 Å². The van der Waals surface area contributed by atoms with Crippen molar-refractivity contribution < 1.29 is 13.5 Å². The van der Waals surface area contributed by atoms with Gasteiger partial charge in [0.2, 0.25) is 5.82 Å². The van der Waals surface area contributed by atoms with Gasteiger partial charge in [0.05, 0.1) is 0 Å². The van der Waals surface area contributed by atoms with Gasteiger partial charge in [-0.3, -0.25) is 0 Å². The molecule has 0 spiro atoms. The van der Waals surface area contributed by atoms with Crippen LogP contribution in [0.25, 0.3) is 0 Å². The van der Waals surface area contributed by atoms with Crippen molar-refractivity contribution in [3.05, 3.63) is 29.8 Å². The van der Waals surface area contributed by atoms with Gasteiger partial charge < -0.3 is 10.1 Å². The molecule has 0 saturated carbocycles. The average molecular weight is 257 g/mol. The molecule has 1 aromatic carbocycles. The van der Waals surface area contributed by atoms with Gasteiger partial charge in [0.15, 0.2) is 11.6 Å². The van der Waals surface area contributed by atoms with Crippen LogP contribution in [0, 0.1) is 17.6 Å². The summed E-state index contributed by atoms with van der Waals surface area (Å²) < 4.78 is 32.1. The molecule has 1 N–H and O–H groups in total. The number of ether oxygens (including phenoxy) is 1. The minimum absolute atomic E-state index is 0.0285. The van der Waals surface area contributed by atoms with Crippen LogP contribution in [0.3, 0.4) is 0 Å². The van der Waals surface area contributed by atoms with Crippen LogP contribution >= 0.6 is 0 Å². The lowest BCUT2D eigenvalue weighted by molar-refractivity contribution is 0.139. The molecular formula is C14H21F2NO. The molecule has 0 aliphatic carbocycles. The Morgan fingerprint density at radius 2 is 1.83 bits per heavy atom. The van der Waals surface area contributed by atoms with E-state index in [0.717, 1.165) is 6.07 Å². The molecule has 1 aromatic rings. The summed E-state index contributed by atoms with van der Waals surface area (Å²) in [5, 5.41) is 3.24. The number of hydrogen-bond acceptors (Lipinski definition) is 2. The molecule has 0 aliphatic heterocycles. The Morgan fingerprint density at radius 1 is 1.17 bits per heavy atom. The second-order valence-corrected chi connectivity index (χ2v) is 5.02. The van der Waals surface area contributed by atoms with E-state index in [2.05, 4.69) is 5.32 Å². The zero-order valence-electron chi connectivity index (χ0n) is 11.3. The minimum Gasteiger partial charge on any atom is -0.486 e. The molecule has 1 atom stereocenters. The highest BCUT2D eigenvalue weighted by Crippen LogP contribution is 2.22. The molecule has 1 unspecified atom stereocenters. The van der Waals surface area contributed by atoms with Crippen molar-refractivity contribution >= 4 is 0 Å². The molecule has 102 valence electrons. The Kier molecular flexibility index (Phi) is 5.54. The van der Waals surface area contributed by atoms with Gasteiger partial charge in [0.25, 0.3) is 0 Å². The molecule has 0 fully saturated rings. The number of nitrogens with one attached hydrogen (secondary N) is 1. The first-order chi connectivity index (χ1) is 8.41. The van der Waals surface area contributed by atoms with Crippen LogP contribution in [0.5, 0.6) is 5.75 Å². The summed E-state index contributed by atoms with van der Waals surface area (Å²) in [6.45, 7) is 8.64. The van der Waals surface area contributed by atoms with E-state index in [1.54, 1.807) is 0 Å². The summed E-state index contributed by atoms with van der Waals surface area (Å²) in [4.78, 5) is 0. The lowest BCUT2D eigenvalue weighted by Gasteiger charge is -2.24. The summed E-state index contributed by atoms with van der Waals surface area (Å²) in [7, 11) is 0. The third-order valence-electron chi connectivity index (χ3n) is 2.67. The predicted octanol–water partition coefficient (Wildman–Crippen LogP) is 3.37. The standard InChI is InChI=1S/C14H21F2NO/c1-9(2)13(8-17-10(3)4)18-12-7-5-6-11(15)14(12)16/h5-7,9-10,13,17H,8H2,1-4H3. The van der Waals surface area contributed by atoms with Crippen LogP contribution < -0.4 is 10.1 Å². The summed E-state index contributed by atoms with van der Waals surface area (Å²) in [6, 6.07) is 4.30. The topological polar surface area (TPSA) is 21.3 Å². The normalized spacial score (nSPS) is 13.1. The van der Waals surface area contributed by atoms with Crippen molar-refractivity contribution in [3.8, 4) is 5.75 Å². The smallest absolute Gasteiger partial charge is 0.200 e. The Labute approximate surface area is 107 Å². The fourth-order valence-electron chi connectivity index (χ4n) is 1.50. The van der Waals surface area contributed by atoms with Crippen molar-refractivity contribution in [1.29, 1.82) is 0 Å². The SMILES string of the molecule is CC(C)NCC(Oc1cccc(F)c1F)C(C)C. The fraction of sp³-hybridized carbons (Fsp3) is 0.571. The van der Waals surface area contributed by atoms with Crippen molar-refractivity contribution in [2.24, 2.45) is 5.92 Å². The number of halogens is 2. The molecule has 4 heteroatoms. The van der Waals surface area contributed by atoms with Crippen LogP contribution in [-0.2, 0) is 0 Å². The van der Waals surface area contributed by atoms with E-state index in [1.807, 2.05) is 27.7 Å². The first-order valence-electron chi connectivity index (χ1n) is 6.26. The molecule has 0 aromatic heterocycles. The van der Waals surface area contributed by atoms with Crippen LogP contribution in [0.4, 0.5) is 8.78 Å². The van der Waals surface area contributed by atoms with E-state index in [-0.39, 0.29) is 17.8 Å². The Hall–Kier alpha value is -1.16. The first-order valence-corrected chi connectivity index (χ1v) is 6.26. The zero-order chi connectivity index (χ0) is 13.7. The lowest BCUT2D eigenvalue weighted by atomic mass is 10.1. The van der Waals surface area contributed by atoms with Gasteiger partial charge >= 0.3 is 0 Å². The quantitative estimate of drug-likeness (QED) is 0.843. The predicted molar refractivity (Wildman–Crippen MR) is 68.8 cm³/mol. The number of hydrogen-bond donors (Lipinski definition) is 1. The van der Waals surface area contributed by atoms with E-state index >= 15 is 0 Å². The van der Waals surface area contributed by atoms with Gasteiger partial charge in [0.1, 0.15) is 6.10 Å². The van der Waals surface area contributed by atoms with Crippen LogP contribution in [0.1, 0.15) is 27.7 Å². The number of benzene rings is 1. The van der Waals surface area contributed by atoms with Crippen molar-refractivity contribution in [2.75, 3.05) is 6.54 Å². The summed E-state index contributed by atoms with van der Waals surface area (Å²) in [6.07, 6.45) is -0.191. The van der Waals surface area contributed by atoms with Crippen molar-refractivity contribution in [3.63, 3.8) is 0 Å². The lowest BCUT2D eigenvalue weighted by Crippen LogP contribution is -2.38. The maximum Gasteiger partial charge on any atom is 0.200 e. The third kappa shape index (κ3) is 4.26. The van der Waals surface area contributed by atoms with E-state index in [9.17, 15) is 8.78 Å². The summed E-state index contributed by atoms with van der Waals surface area (Å²) in [5.74, 6) is -1.63. The van der Waals surface area contributed by atoms with E-state index in [4.69, 9.17) is 4.74 Å². The molecule has 0 amide bonds. The van der Waals surface area contributed by atoms with Gasteiger partial charge in [-0.2, -0.15) is 4.39 Å². The Morgan fingerprint density at radius 3 is 2.39 bits per heavy atom. The monoisotopic (exact) mass is 257 g/mol. The maximum atomic E-state index is 13.5. The molecule has 0 heterocycles. The summed E-state index contributed by atoms with van der Waals surface area (Å²) in [5.41, 5.74) is 0. The van der Waals surface area contributed by atoms with Gasteiger partial charge in [-0.1, -0.05) is 33.8 Å². The van der Waals surface area contributed by atoms with Gasteiger partial charge in [-0.05, 0) is 18.1 Å². The van der Waals surface area contributed by atoms with Crippen LogP contribution in [0.2, 0.25) is 0 Å². The second kappa shape index (κ2) is 6.69. The largest absolute Gasteiger partial charge is 0.486 e. The highest BCUT2D eigenvalue weighted by atomic mass is 19.2. The molecular weight excluding hydrogens is 236 g/mol. The highest BCUT2D eigenvalue weighted by molar-refractivity contribution is 5.25. The third-order valence-corrected chi connectivity index (χ3v) is 2.67. The van der Waals surface area contributed by atoms with Crippen molar-refractivity contribution in [2.45, 2.75) is 39.8 Å². The summed E-state index contributed by atoms with van der Waals surface area (Å²) >= 11 is 0. The van der Waals surface area contributed by atoms with Gasteiger partial charge in [-0.25, -0.2) is 4.39 Å².